The Kier molecular flexibility index (Phi) is 8.96. The minimum Gasteiger partial charge on any atom is -0.492 e. The Hall–Kier alpha value is -4.64. The number of aromatic nitrogens is 2. The van der Waals surface area contributed by atoms with Crippen molar-refractivity contribution in [3.8, 4) is 11.4 Å². The molecule has 3 aromatic carbocycles. The average molecular weight is 604 g/mol. The lowest BCUT2D eigenvalue weighted by Gasteiger charge is -2.24. The largest absolute Gasteiger partial charge is 0.492 e. The molecule has 4 rings (SSSR count). The number of anilines is 2. The van der Waals surface area contributed by atoms with Gasteiger partial charge in [-0.25, -0.2) is 13.1 Å². The van der Waals surface area contributed by atoms with Gasteiger partial charge in [0.15, 0.2) is 5.75 Å². The number of methoxy groups -OCH3 is 1. The molecule has 0 saturated heterocycles. The van der Waals surface area contributed by atoms with Crippen LogP contribution in [-0.4, -0.2) is 43.4 Å². The van der Waals surface area contributed by atoms with E-state index in [9.17, 15) is 18.0 Å². The van der Waals surface area contributed by atoms with Gasteiger partial charge in [-0.05, 0) is 60.2 Å². The first-order chi connectivity index (χ1) is 20.2. The van der Waals surface area contributed by atoms with Crippen molar-refractivity contribution in [3.63, 3.8) is 0 Å². The van der Waals surface area contributed by atoms with Crippen LogP contribution in [0.2, 0.25) is 0 Å². The molecular formula is C32H37N5O5S. The topological polar surface area (TPSA) is 131 Å². The molecule has 0 fully saturated rings. The van der Waals surface area contributed by atoms with E-state index >= 15 is 0 Å². The summed E-state index contributed by atoms with van der Waals surface area (Å²) in [5.74, 6) is -0.511. The first-order valence-electron chi connectivity index (χ1n) is 13.7. The van der Waals surface area contributed by atoms with Crippen LogP contribution in [0, 0.1) is 6.92 Å². The first kappa shape index (κ1) is 31.3. The highest BCUT2D eigenvalue weighted by Gasteiger charge is 2.23. The maximum absolute atomic E-state index is 13.5. The van der Waals surface area contributed by atoms with E-state index in [-0.39, 0.29) is 28.8 Å². The highest BCUT2D eigenvalue weighted by molar-refractivity contribution is 7.92. The summed E-state index contributed by atoms with van der Waals surface area (Å²) in [6, 6.07) is 18.1. The lowest BCUT2D eigenvalue weighted by Crippen LogP contribution is -2.26. The number of nitrogens with one attached hydrogen (secondary N) is 3. The van der Waals surface area contributed by atoms with Crippen molar-refractivity contribution >= 4 is 33.2 Å². The van der Waals surface area contributed by atoms with Gasteiger partial charge in [-0.3, -0.25) is 14.3 Å². The number of rotatable bonds is 9. The van der Waals surface area contributed by atoms with E-state index in [1.165, 1.54) is 13.3 Å². The van der Waals surface area contributed by atoms with Gasteiger partial charge in [0.2, 0.25) is 10.0 Å². The van der Waals surface area contributed by atoms with E-state index in [1.807, 2.05) is 65.0 Å². The fourth-order valence-corrected chi connectivity index (χ4v) is 5.07. The molecule has 0 bridgehead atoms. The van der Waals surface area contributed by atoms with Gasteiger partial charge >= 0.3 is 0 Å². The Bertz CT molecular complexity index is 1760. The Morgan fingerprint density at radius 2 is 1.63 bits per heavy atom. The third-order valence-corrected chi connectivity index (χ3v) is 7.50. The van der Waals surface area contributed by atoms with E-state index in [0.29, 0.717) is 22.5 Å². The minimum absolute atomic E-state index is 0.187. The third-order valence-electron chi connectivity index (χ3n) is 6.91. The second-order valence-corrected chi connectivity index (χ2v) is 13.2. The molecule has 11 heteroatoms. The van der Waals surface area contributed by atoms with E-state index in [0.717, 1.165) is 22.9 Å². The van der Waals surface area contributed by atoms with Crippen molar-refractivity contribution in [2.24, 2.45) is 0 Å². The minimum atomic E-state index is -3.62. The molecule has 0 unspecified atom stereocenters. The number of ether oxygens (including phenoxy) is 1. The summed E-state index contributed by atoms with van der Waals surface area (Å²) >= 11 is 0. The third kappa shape index (κ3) is 7.61. The molecule has 1 atom stereocenters. The Morgan fingerprint density at radius 3 is 2.26 bits per heavy atom. The van der Waals surface area contributed by atoms with Crippen LogP contribution in [0.3, 0.4) is 0 Å². The molecule has 1 heterocycles. The standard InChI is InChI=1S/C32H37N5O5S/c1-20-13-14-23(15-28(20)37-19-24(18-33-37)31(39)34-21(2)22-11-9-8-10-12-22)30(38)35-26-16-25(32(3,4)5)17-27(29(26)42-6)36-43(7,40)41/h8-19,21,36H,1-7H3,(H,34,39)(H,35,38)/t21-/m1/s1. The number of benzene rings is 3. The van der Waals surface area contributed by atoms with Crippen molar-refractivity contribution in [1.29, 1.82) is 0 Å². The second-order valence-electron chi connectivity index (χ2n) is 11.5. The predicted molar refractivity (Wildman–Crippen MR) is 169 cm³/mol. The molecule has 43 heavy (non-hydrogen) atoms. The number of aryl methyl sites for hydroxylation is 1. The number of carbonyl (C=O) groups is 2. The monoisotopic (exact) mass is 603 g/mol. The Morgan fingerprint density at radius 1 is 0.953 bits per heavy atom. The molecule has 0 aliphatic heterocycles. The van der Waals surface area contributed by atoms with Gasteiger partial charge in [-0.15, -0.1) is 0 Å². The number of hydrogen-bond acceptors (Lipinski definition) is 6. The van der Waals surface area contributed by atoms with Gasteiger partial charge in [0.1, 0.15) is 0 Å². The number of sulfonamides is 1. The van der Waals surface area contributed by atoms with Crippen molar-refractivity contribution in [1.82, 2.24) is 15.1 Å². The number of nitrogens with zero attached hydrogens (tertiary/aromatic N) is 2. The highest BCUT2D eigenvalue weighted by Crippen LogP contribution is 2.39. The summed E-state index contributed by atoms with van der Waals surface area (Å²) < 4.78 is 33.7. The lowest BCUT2D eigenvalue weighted by atomic mass is 9.86. The molecule has 0 aliphatic carbocycles. The summed E-state index contributed by atoms with van der Waals surface area (Å²) in [5.41, 5.74) is 4.16. The maximum Gasteiger partial charge on any atom is 0.255 e. The van der Waals surface area contributed by atoms with Gasteiger partial charge < -0.3 is 15.4 Å². The van der Waals surface area contributed by atoms with Crippen molar-refractivity contribution in [2.75, 3.05) is 23.4 Å². The van der Waals surface area contributed by atoms with Crippen molar-refractivity contribution in [3.05, 3.63) is 101 Å². The second kappa shape index (κ2) is 12.3. The van der Waals surface area contributed by atoms with Crippen LogP contribution in [0.5, 0.6) is 5.75 Å². The molecule has 226 valence electrons. The highest BCUT2D eigenvalue weighted by atomic mass is 32.2. The Balaban J connectivity index is 1.61. The summed E-state index contributed by atoms with van der Waals surface area (Å²) in [6.07, 6.45) is 4.16. The summed E-state index contributed by atoms with van der Waals surface area (Å²) in [4.78, 5) is 26.4. The lowest BCUT2D eigenvalue weighted by molar-refractivity contribution is 0.0939. The molecule has 10 nitrogen and oxygen atoms in total. The molecule has 3 N–H and O–H groups in total. The normalized spacial score (nSPS) is 12.3. The van der Waals surface area contributed by atoms with Crippen LogP contribution in [-0.2, 0) is 15.4 Å². The molecule has 4 aromatic rings. The number of amides is 2. The smallest absolute Gasteiger partial charge is 0.255 e. The van der Waals surface area contributed by atoms with Crippen LogP contribution in [0.25, 0.3) is 5.69 Å². The summed E-state index contributed by atoms with van der Waals surface area (Å²) in [6.45, 7) is 9.75. The fraction of sp³-hybridized carbons (Fsp3) is 0.281. The summed E-state index contributed by atoms with van der Waals surface area (Å²) in [7, 11) is -2.21. The van der Waals surface area contributed by atoms with Crippen LogP contribution < -0.4 is 20.1 Å². The van der Waals surface area contributed by atoms with E-state index in [2.05, 4.69) is 20.5 Å². The SMILES string of the molecule is COc1c(NC(=O)c2ccc(C)c(-n3cc(C(=O)N[C@H](C)c4ccccc4)cn3)c2)cc(C(C)(C)C)cc1NS(C)(=O)=O. The van der Waals surface area contributed by atoms with Gasteiger partial charge in [-0.2, -0.15) is 5.10 Å². The number of hydrogen-bond donors (Lipinski definition) is 3. The van der Waals surface area contributed by atoms with Gasteiger partial charge in [-0.1, -0.05) is 57.2 Å². The van der Waals surface area contributed by atoms with E-state index in [1.54, 1.807) is 41.2 Å². The molecule has 0 aliphatic rings. The van der Waals surface area contributed by atoms with Crippen LogP contribution in [0.4, 0.5) is 11.4 Å². The average Bonchev–Trinajstić information content (AvgIpc) is 3.42. The van der Waals surface area contributed by atoms with Crippen LogP contribution in [0.15, 0.2) is 73.1 Å². The molecule has 0 saturated carbocycles. The zero-order chi connectivity index (χ0) is 31.5. The number of carbonyl (C=O) groups excluding carboxylic acids is 2. The predicted octanol–water partition coefficient (Wildman–Crippen LogP) is 5.60. The molecule has 0 spiro atoms. The maximum atomic E-state index is 13.5. The first-order valence-corrected chi connectivity index (χ1v) is 15.6. The van der Waals surface area contributed by atoms with Gasteiger partial charge in [0, 0.05) is 11.8 Å². The molecular weight excluding hydrogens is 566 g/mol. The quantitative estimate of drug-likeness (QED) is 0.228. The van der Waals surface area contributed by atoms with Crippen molar-refractivity contribution < 1.29 is 22.7 Å². The van der Waals surface area contributed by atoms with E-state index < -0.39 is 15.9 Å². The Labute approximate surface area is 252 Å². The zero-order valence-electron chi connectivity index (χ0n) is 25.3. The molecule has 2 amide bonds. The molecule has 0 radical (unpaired) electrons. The zero-order valence-corrected chi connectivity index (χ0v) is 26.2. The van der Waals surface area contributed by atoms with Crippen molar-refractivity contribution in [2.45, 2.75) is 46.1 Å². The molecule has 1 aromatic heterocycles. The van der Waals surface area contributed by atoms with Crippen LogP contribution in [0.1, 0.15) is 71.1 Å². The summed E-state index contributed by atoms with van der Waals surface area (Å²) in [5, 5.41) is 10.2. The van der Waals surface area contributed by atoms with E-state index in [4.69, 9.17) is 4.74 Å². The van der Waals surface area contributed by atoms with Gasteiger partial charge in [0.25, 0.3) is 11.8 Å². The van der Waals surface area contributed by atoms with Crippen LogP contribution >= 0.6 is 0 Å². The van der Waals surface area contributed by atoms with Gasteiger partial charge in [0.05, 0.1) is 48.2 Å². The fourth-order valence-electron chi connectivity index (χ4n) is 4.52.